The molecular weight excluding hydrogens is 216 g/mol. The molecule has 5 N–H and O–H groups in total. The van der Waals surface area contributed by atoms with Crippen molar-refractivity contribution in [3.63, 3.8) is 0 Å². The van der Waals surface area contributed by atoms with E-state index in [0.29, 0.717) is 18.4 Å². The van der Waals surface area contributed by atoms with E-state index in [1.54, 1.807) is 7.11 Å². The molecule has 0 aliphatic heterocycles. The lowest BCUT2D eigenvalue weighted by atomic mass is 10.1. The van der Waals surface area contributed by atoms with Crippen molar-refractivity contribution in [1.29, 1.82) is 0 Å². The molecule has 0 unspecified atom stereocenters. The number of aliphatic hydroxyl groups is 1. The Morgan fingerprint density at radius 3 is 1.59 bits per heavy atom. The van der Waals surface area contributed by atoms with Crippen LogP contribution in [0, 0.1) is 11.8 Å². The van der Waals surface area contributed by atoms with E-state index in [-0.39, 0.29) is 18.7 Å². The minimum Gasteiger partial charge on any atom is -0.395 e. The molecule has 0 saturated carbocycles. The van der Waals surface area contributed by atoms with Crippen LogP contribution in [0.25, 0.3) is 0 Å². The second kappa shape index (κ2) is 12.3. The van der Waals surface area contributed by atoms with E-state index in [1.807, 2.05) is 0 Å². The van der Waals surface area contributed by atoms with Gasteiger partial charge >= 0.3 is 0 Å². The number of aliphatic hydroxyl groups excluding tert-OH is 1. The maximum atomic E-state index is 8.46. The zero-order valence-electron chi connectivity index (χ0n) is 12.1. The van der Waals surface area contributed by atoms with Crippen LogP contribution in [0.1, 0.15) is 40.5 Å². The molecule has 0 aromatic rings. The molecular formula is C13H32N2O2. The minimum atomic E-state index is -0.0185. The summed E-state index contributed by atoms with van der Waals surface area (Å²) in [6, 6.07) is 0.199. The molecule has 106 valence electrons. The predicted molar refractivity (Wildman–Crippen MR) is 73.8 cm³/mol. The Kier molecular flexibility index (Phi) is 13.9. The van der Waals surface area contributed by atoms with Crippen molar-refractivity contribution >= 4 is 0 Å². The summed E-state index contributed by atoms with van der Waals surface area (Å²) in [5.74, 6) is 1.27. The molecule has 0 aliphatic rings. The lowest BCUT2D eigenvalue weighted by molar-refractivity contribution is 0.172. The second-order valence-corrected chi connectivity index (χ2v) is 5.42. The van der Waals surface area contributed by atoms with Crippen LogP contribution in [0.15, 0.2) is 0 Å². The molecule has 0 aromatic carbocycles. The highest BCUT2D eigenvalue weighted by Gasteiger charge is 2.03. The van der Waals surface area contributed by atoms with E-state index in [2.05, 4.69) is 27.7 Å². The summed E-state index contributed by atoms with van der Waals surface area (Å²) in [5, 5.41) is 8.46. The van der Waals surface area contributed by atoms with Crippen molar-refractivity contribution in [2.45, 2.75) is 52.6 Å². The summed E-state index contributed by atoms with van der Waals surface area (Å²) in [6.45, 7) is 9.30. The SMILES string of the molecule is CC(C)C[C@H](N)CO.COC[C@@H](N)CC(C)C. The Bertz CT molecular complexity index is 152. The van der Waals surface area contributed by atoms with Crippen molar-refractivity contribution in [3.05, 3.63) is 0 Å². The quantitative estimate of drug-likeness (QED) is 0.635. The molecule has 0 fully saturated rings. The van der Waals surface area contributed by atoms with Gasteiger partial charge in [-0.1, -0.05) is 27.7 Å². The summed E-state index contributed by atoms with van der Waals surface area (Å²) in [4.78, 5) is 0. The molecule has 0 aromatic heterocycles. The fourth-order valence-electron chi connectivity index (χ4n) is 1.57. The third-order valence-corrected chi connectivity index (χ3v) is 2.16. The standard InChI is InChI=1S/C7H17NO.C6H15NO/c1-6(2)4-7(8)5-9-3;1-5(2)3-6(7)4-8/h6-7H,4-5,8H2,1-3H3;5-6,8H,3-4,7H2,1-2H3/t7-;6-/m00/s1. The van der Waals surface area contributed by atoms with E-state index < -0.39 is 0 Å². The van der Waals surface area contributed by atoms with Crippen molar-refractivity contribution < 1.29 is 9.84 Å². The monoisotopic (exact) mass is 248 g/mol. The number of hydrogen-bond acceptors (Lipinski definition) is 4. The summed E-state index contributed by atoms with van der Waals surface area (Å²) in [7, 11) is 1.68. The lowest BCUT2D eigenvalue weighted by Crippen LogP contribution is -2.27. The van der Waals surface area contributed by atoms with Crippen LogP contribution in [0.2, 0.25) is 0 Å². The summed E-state index contributed by atoms with van der Waals surface area (Å²) in [5.41, 5.74) is 11.1. The van der Waals surface area contributed by atoms with Gasteiger partial charge in [0.15, 0.2) is 0 Å². The number of rotatable bonds is 7. The van der Waals surface area contributed by atoms with E-state index in [1.165, 1.54) is 0 Å². The Balaban J connectivity index is 0. The van der Waals surface area contributed by atoms with Crippen LogP contribution < -0.4 is 11.5 Å². The number of nitrogens with two attached hydrogens (primary N) is 2. The molecule has 17 heavy (non-hydrogen) atoms. The average molecular weight is 248 g/mol. The number of hydrogen-bond donors (Lipinski definition) is 3. The van der Waals surface area contributed by atoms with Gasteiger partial charge < -0.3 is 21.3 Å². The van der Waals surface area contributed by atoms with Crippen molar-refractivity contribution in [1.82, 2.24) is 0 Å². The molecule has 0 aliphatic carbocycles. The van der Waals surface area contributed by atoms with Gasteiger partial charge in [0, 0.05) is 19.2 Å². The van der Waals surface area contributed by atoms with Crippen LogP contribution in [0.3, 0.4) is 0 Å². The van der Waals surface area contributed by atoms with Gasteiger partial charge in [-0.25, -0.2) is 0 Å². The summed E-state index contributed by atoms with van der Waals surface area (Å²) < 4.78 is 4.88. The largest absolute Gasteiger partial charge is 0.395 e. The van der Waals surface area contributed by atoms with Crippen molar-refractivity contribution in [2.24, 2.45) is 23.3 Å². The average Bonchev–Trinajstić information content (AvgIpc) is 2.16. The zero-order chi connectivity index (χ0) is 13.8. The fraction of sp³-hybridized carbons (Fsp3) is 1.00. The maximum absolute atomic E-state index is 8.46. The van der Waals surface area contributed by atoms with Crippen LogP contribution in [-0.4, -0.2) is 37.5 Å². The van der Waals surface area contributed by atoms with Gasteiger partial charge in [-0.2, -0.15) is 0 Å². The first-order valence-electron chi connectivity index (χ1n) is 6.44. The molecule has 0 amide bonds. The molecule has 0 spiro atoms. The maximum Gasteiger partial charge on any atom is 0.0613 e. The van der Waals surface area contributed by atoms with Gasteiger partial charge in [-0.15, -0.1) is 0 Å². The lowest BCUT2D eigenvalue weighted by Gasteiger charge is -2.11. The predicted octanol–water partition coefficient (Wildman–Crippen LogP) is 1.36. The molecule has 4 heteroatoms. The molecule has 0 radical (unpaired) electrons. The topological polar surface area (TPSA) is 81.5 Å². The van der Waals surface area contributed by atoms with Gasteiger partial charge in [-0.3, -0.25) is 0 Å². The van der Waals surface area contributed by atoms with Gasteiger partial charge in [0.2, 0.25) is 0 Å². The Labute approximate surface area is 107 Å². The second-order valence-electron chi connectivity index (χ2n) is 5.42. The third-order valence-electron chi connectivity index (χ3n) is 2.16. The smallest absolute Gasteiger partial charge is 0.0613 e. The van der Waals surface area contributed by atoms with Gasteiger partial charge in [0.25, 0.3) is 0 Å². The number of methoxy groups -OCH3 is 1. The zero-order valence-corrected chi connectivity index (χ0v) is 12.1. The highest BCUT2D eigenvalue weighted by molar-refractivity contribution is 4.61. The van der Waals surface area contributed by atoms with E-state index >= 15 is 0 Å². The molecule has 0 bridgehead atoms. The van der Waals surface area contributed by atoms with E-state index in [9.17, 15) is 0 Å². The van der Waals surface area contributed by atoms with Crippen LogP contribution in [0.5, 0.6) is 0 Å². The summed E-state index contributed by atoms with van der Waals surface area (Å²) in [6.07, 6.45) is 1.96. The van der Waals surface area contributed by atoms with Gasteiger partial charge in [0.05, 0.1) is 13.2 Å². The summed E-state index contributed by atoms with van der Waals surface area (Å²) >= 11 is 0. The first kappa shape index (κ1) is 19.2. The van der Waals surface area contributed by atoms with Gasteiger partial charge in [0.1, 0.15) is 0 Å². The Morgan fingerprint density at radius 2 is 1.35 bits per heavy atom. The Hall–Kier alpha value is -0.160. The molecule has 2 atom stereocenters. The van der Waals surface area contributed by atoms with Crippen LogP contribution in [0.4, 0.5) is 0 Å². The molecule has 0 heterocycles. The first-order valence-corrected chi connectivity index (χ1v) is 6.44. The Morgan fingerprint density at radius 1 is 0.941 bits per heavy atom. The molecule has 0 rings (SSSR count). The minimum absolute atomic E-state index is 0.0185. The van der Waals surface area contributed by atoms with Gasteiger partial charge in [-0.05, 0) is 24.7 Å². The normalized spacial score (nSPS) is 14.5. The number of ether oxygens (including phenoxy) is 1. The first-order chi connectivity index (χ1) is 7.83. The van der Waals surface area contributed by atoms with Crippen LogP contribution in [-0.2, 0) is 4.74 Å². The highest BCUT2D eigenvalue weighted by Crippen LogP contribution is 2.02. The highest BCUT2D eigenvalue weighted by atomic mass is 16.5. The molecule has 0 saturated heterocycles. The third kappa shape index (κ3) is 18.4. The van der Waals surface area contributed by atoms with Crippen molar-refractivity contribution in [2.75, 3.05) is 20.3 Å². The molecule has 4 nitrogen and oxygen atoms in total. The van der Waals surface area contributed by atoms with Crippen LogP contribution >= 0.6 is 0 Å². The van der Waals surface area contributed by atoms with E-state index in [4.69, 9.17) is 21.3 Å². The van der Waals surface area contributed by atoms with E-state index in [0.717, 1.165) is 12.8 Å². The van der Waals surface area contributed by atoms with Crippen molar-refractivity contribution in [3.8, 4) is 0 Å². The fourth-order valence-corrected chi connectivity index (χ4v) is 1.57.